The summed E-state index contributed by atoms with van der Waals surface area (Å²) < 4.78 is 10.7. The lowest BCUT2D eigenvalue weighted by Crippen LogP contribution is -2.52. The lowest BCUT2D eigenvalue weighted by Gasteiger charge is -2.49. The van der Waals surface area contributed by atoms with E-state index in [1.807, 2.05) is 11.8 Å². The zero-order valence-corrected chi connectivity index (χ0v) is 17.7. The van der Waals surface area contributed by atoms with Gasteiger partial charge in [-0.1, -0.05) is 0 Å². The molecule has 7 nitrogen and oxygen atoms in total. The monoisotopic (exact) mass is 405 g/mol. The minimum atomic E-state index is -0.147. The molecule has 5 aliphatic rings. The van der Waals surface area contributed by atoms with Crippen molar-refractivity contribution in [3.05, 3.63) is 0 Å². The van der Waals surface area contributed by atoms with Crippen LogP contribution in [0.1, 0.15) is 39.0 Å². The van der Waals surface area contributed by atoms with E-state index in [0.29, 0.717) is 42.4 Å². The van der Waals surface area contributed by atoms with Gasteiger partial charge in [0.1, 0.15) is 0 Å². The summed E-state index contributed by atoms with van der Waals surface area (Å²) >= 11 is 0. The van der Waals surface area contributed by atoms with E-state index in [1.54, 1.807) is 0 Å². The lowest BCUT2D eigenvalue weighted by atomic mass is 9.64. The van der Waals surface area contributed by atoms with Crippen LogP contribution in [-0.4, -0.2) is 91.8 Å². The zero-order chi connectivity index (χ0) is 20.0. The van der Waals surface area contributed by atoms with Crippen LogP contribution in [0.15, 0.2) is 0 Å². The Bertz CT molecular complexity index is 630. The number of piperidine rings is 1. The largest absolute Gasteiger partial charge is 0.450 e. The van der Waals surface area contributed by atoms with Crippen LogP contribution in [-0.2, 0) is 14.3 Å². The molecule has 3 atom stereocenters. The highest BCUT2D eigenvalue weighted by Crippen LogP contribution is 2.57. The summed E-state index contributed by atoms with van der Waals surface area (Å²) in [6.45, 7) is 9.40. The van der Waals surface area contributed by atoms with Crippen LogP contribution in [0.5, 0.6) is 0 Å². The second-order valence-electron chi connectivity index (χ2n) is 9.88. The van der Waals surface area contributed by atoms with Crippen LogP contribution < -0.4 is 0 Å². The number of carbonyl (C=O) groups is 2. The third-order valence-corrected chi connectivity index (χ3v) is 8.11. The summed E-state index contributed by atoms with van der Waals surface area (Å²) in [6.07, 6.45) is 5.49. The molecule has 2 aliphatic carbocycles. The van der Waals surface area contributed by atoms with Crippen molar-refractivity contribution in [2.75, 3.05) is 59.1 Å². The fraction of sp³-hybridized carbons (Fsp3) is 0.909. The molecule has 162 valence electrons. The van der Waals surface area contributed by atoms with Crippen molar-refractivity contribution in [3.8, 4) is 0 Å². The fourth-order valence-corrected chi connectivity index (χ4v) is 6.39. The van der Waals surface area contributed by atoms with Crippen molar-refractivity contribution >= 4 is 12.0 Å². The lowest BCUT2D eigenvalue weighted by molar-refractivity contribution is -0.135. The van der Waals surface area contributed by atoms with Gasteiger partial charge >= 0.3 is 6.09 Å². The molecule has 0 aromatic rings. The molecule has 3 aliphatic heterocycles. The number of amides is 2. The summed E-state index contributed by atoms with van der Waals surface area (Å²) in [6, 6.07) is 0.649. The number of nitrogens with zero attached hydrogens (tertiary/aromatic N) is 3. The smallest absolute Gasteiger partial charge is 0.409 e. The second kappa shape index (κ2) is 7.73. The summed E-state index contributed by atoms with van der Waals surface area (Å²) in [7, 11) is 0. The van der Waals surface area contributed by atoms with E-state index in [1.165, 1.54) is 12.8 Å². The average molecular weight is 406 g/mol. The van der Waals surface area contributed by atoms with Gasteiger partial charge in [0.15, 0.2) is 0 Å². The van der Waals surface area contributed by atoms with Gasteiger partial charge in [-0.3, -0.25) is 9.69 Å². The standard InChI is InChI=1S/C22H35N3O4/c1-2-29-21(27)24-7-5-22(15-24)11-16(12-22)25-13-17-18(14-25)19(17)20(26)23-6-3-4-9-28-10-8-23/h16-19H,2-15H2,1H3/t16?,17-,18+,19?,22?. The highest BCUT2D eigenvalue weighted by atomic mass is 16.6. The normalized spacial score (nSPS) is 39.6. The van der Waals surface area contributed by atoms with Crippen LogP contribution in [0, 0.1) is 23.2 Å². The molecular weight excluding hydrogens is 370 g/mol. The predicted octanol–water partition coefficient (Wildman–Crippen LogP) is 1.81. The van der Waals surface area contributed by atoms with Crippen molar-refractivity contribution in [2.24, 2.45) is 23.2 Å². The van der Waals surface area contributed by atoms with Gasteiger partial charge in [0.05, 0.1) is 13.2 Å². The molecule has 0 N–H and O–H groups in total. The molecular formula is C22H35N3O4. The van der Waals surface area contributed by atoms with Gasteiger partial charge in [0.2, 0.25) is 5.91 Å². The van der Waals surface area contributed by atoms with Crippen LogP contribution >= 0.6 is 0 Å². The average Bonchev–Trinajstić information content (AvgIpc) is 3.01. The molecule has 1 spiro atoms. The Morgan fingerprint density at radius 1 is 1.03 bits per heavy atom. The van der Waals surface area contributed by atoms with E-state index < -0.39 is 0 Å². The molecule has 3 heterocycles. The van der Waals surface area contributed by atoms with Crippen molar-refractivity contribution < 1.29 is 19.1 Å². The van der Waals surface area contributed by atoms with Crippen LogP contribution in [0.3, 0.4) is 0 Å². The molecule has 0 aromatic heterocycles. The molecule has 2 amide bonds. The number of fused-ring (bicyclic) bond motifs is 1. The van der Waals surface area contributed by atoms with Gasteiger partial charge in [0, 0.05) is 57.8 Å². The topological polar surface area (TPSA) is 62.3 Å². The molecule has 7 heteroatoms. The molecule has 29 heavy (non-hydrogen) atoms. The Kier molecular flexibility index (Phi) is 5.23. The number of hydrogen-bond acceptors (Lipinski definition) is 5. The van der Waals surface area contributed by atoms with E-state index in [-0.39, 0.29) is 12.0 Å². The summed E-state index contributed by atoms with van der Waals surface area (Å²) in [5, 5.41) is 0. The fourth-order valence-electron chi connectivity index (χ4n) is 6.39. The minimum Gasteiger partial charge on any atom is -0.450 e. The predicted molar refractivity (Wildman–Crippen MR) is 107 cm³/mol. The Hall–Kier alpha value is -1.34. The van der Waals surface area contributed by atoms with E-state index in [9.17, 15) is 9.59 Å². The zero-order valence-electron chi connectivity index (χ0n) is 17.7. The third-order valence-electron chi connectivity index (χ3n) is 8.11. The van der Waals surface area contributed by atoms with Crippen molar-refractivity contribution in [1.29, 1.82) is 0 Å². The third kappa shape index (κ3) is 3.65. The number of rotatable bonds is 3. The first-order valence-corrected chi connectivity index (χ1v) is 11.6. The quantitative estimate of drug-likeness (QED) is 0.717. The maximum absolute atomic E-state index is 13.0. The highest BCUT2D eigenvalue weighted by Gasteiger charge is 2.62. The highest BCUT2D eigenvalue weighted by molar-refractivity contribution is 5.82. The first kappa shape index (κ1) is 19.6. The summed E-state index contributed by atoms with van der Waals surface area (Å²) in [5.41, 5.74) is 0.323. The number of ether oxygens (including phenoxy) is 2. The molecule has 3 saturated heterocycles. The first-order chi connectivity index (χ1) is 14.1. The van der Waals surface area contributed by atoms with E-state index in [4.69, 9.17) is 9.47 Å². The maximum Gasteiger partial charge on any atom is 0.409 e. The number of likely N-dealkylation sites (tertiary alicyclic amines) is 2. The molecule has 1 unspecified atom stereocenters. The Balaban J connectivity index is 1.07. The van der Waals surface area contributed by atoms with Gasteiger partial charge < -0.3 is 19.3 Å². The van der Waals surface area contributed by atoms with Crippen molar-refractivity contribution in [1.82, 2.24) is 14.7 Å². The van der Waals surface area contributed by atoms with E-state index in [2.05, 4.69) is 9.80 Å². The SMILES string of the molecule is CCOC(=O)N1CCC2(CC(N3C[C@@H]4C(C(=O)N5CCCCOCC5)[C@@H]4C3)C2)C1. The van der Waals surface area contributed by atoms with Crippen LogP contribution in [0.4, 0.5) is 4.79 Å². The Morgan fingerprint density at radius 2 is 1.83 bits per heavy atom. The molecule has 5 fully saturated rings. The van der Waals surface area contributed by atoms with Gasteiger partial charge in [-0.05, 0) is 56.3 Å². The molecule has 0 bridgehead atoms. The van der Waals surface area contributed by atoms with Crippen LogP contribution in [0.2, 0.25) is 0 Å². The van der Waals surface area contributed by atoms with E-state index >= 15 is 0 Å². The molecule has 0 aromatic carbocycles. The van der Waals surface area contributed by atoms with Crippen LogP contribution in [0.25, 0.3) is 0 Å². The van der Waals surface area contributed by atoms with Crippen molar-refractivity contribution in [2.45, 2.75) is 45.1 Å². The van der Waals surface area contributed by atoms with Gasteiger partial charge in [-0.2, -0.15) is 0 Å². The molecule has 5 rings (SSSR count). The Labute approximate surface area is 173 Å². The van der Waals surface area contributed by atoms with Crippen molar-refractivity contribution in [3.63, 3.8) is 0 Å². The minimum absolute atomic E-state index is 0.147. The molecule has 2 saturated carbocycles. The summed E-state index contributed by atoms with van der Waals surface area (Å²) in [5.74, 6) is 1.80. The van der Waals surface area contributed by atoms with E-state index in [0.717, 1.165) is 65.1 Å². The van der Waals surface area contributed by atoms with Gasteiger partial charge in [0.25, 0.3) is 0 Å². The first-order valence-electron chi connectivity index (χ1n) is 11.6. The van der Waals surface area contributed by atoms with Gasteiger partial charge in [-0.25, -0.2) is 4.79 Å². The number of carbonyl (C=O) groups excluding carboxylic acids is 2. The summed E-state index contributed by atoms with van der Waals surface area (Å²) in [4.78, 5) is 31.5. The molecule has 0 radical (unpaired) electrons. The second-order valence-corrected chi connectivity index (χ2v) is 9.88. The Morgan fingerprint density at radius 3 is 2.59 bits per heavy atom. The van der Waals surface area contributed by atoms with Gasteiger partial charge in [-0.15, -0.1) is 0 Å². The maximum atomic E-state index is 13.0. The number of hydrogen-bond donors (Lipinski definition) is 0.